The maximum Gasteiger partial charge on any atom is 0.270 e. The largest absolute Gasteiger partial charge is 0.367 e. The molecule has 23 heavy (non-hydrogen) atoms. The van der Waals surface area contributed by atoms with E-state index in [4.69, 9.17) is 0 Å². The fraction of sp³-hybridized carbons (Fsp3) is 0.467. The number of rotatable bonds is 2. The summed E-state index contributed by atoms with van der Waals surface area (Å²) in [6, 6.07) is 6.56. The minimum Gasteiger partial charge on any atom is -0.367 e. The van der Waals surface area contributed by atoms with Crippen LogP contribution >= 0.6 is 11.8 Å². The van der Waals surface area contributed by atoms with Crippen molar-refractivity contribution in [2.45, 2.75) is 12.2 Å². The molecule has 1 fully saturated rings. The molecule has 3 rings (SSSR count). The average molecular weight is 331 g/mol. The summed E-state index contributed by atoms with van der Waals surface area (Å²) in [5.41, 5.74) is 1.08. The van der Waals surface area contributed by atoms with Gasteiger partial charge in [-0.15, -0.1) is 0 Å². The summed E-state index contributed by atoms with van der Waals surface area (Å²) in [6.45, 7) is 6.30. The Labute approximate surface area is 138 Å². The topological polar surface area (TPSA) is 85.8 Å². The Kier molecular flexibility index (Phi) is 4.39. The van der Waals surface area contributed by atoms with Gasteiger partial charge in [0.25, 0.3) is 5.69 Å². The number of anilines is 1. The standard InChI is InChI=1S/C15H17N5O2S/c1-11-10-17-15(23-11)19-6-4-18(5-7-19)14-3-2-13(20(21)22)8-12(14)9-16/h2-3,8,11H,4-7,10H2,1H3/t11-/m0/s1. The van der Waals surface area contributed by atoms with Crippen LogP contribution in [-0.2, 0) is 0 Å². The van der Waals surface area contributed by atoms with E-state index in [1.165, 1.54) is 12.1 Å². The quantitative estimate of drug-likeness (QED) is 0.609. The van der Waals surface area contributed by atoms with Crippen molar-refractivity contribution in [1.29, 1.82) is 5.26 Å². The van der Waals surface area contributed by atoms with E-state index >= 15 is 0 Å². The van der Waals surface area contributed by atoms with E-state index in [2.05, 4.69) is 27.8 Å². The van der Waals surface area contributed by atoms with Crippen molar-refractivity contribution in [2.75, 3.05) is 37.6 Å². The van der Waals surface area contributed by atoms with Gasteiger partial charge in [-0.3, -0.25) is 15.1 Å². The maximum absolute atomic E-state index is 10.8. The molecule has 0 unspecified atom stereocenters. The zero-order valence-electron chi connectivity index (χ0n) is 12.8. The first kappa shape index (κ1) is 15.6. The van der Waals surface area contributed by atoms with Gasteiger partial charge in [-0.2, -0.15) is 5.26 Å². The highest BCUT2D eigenvalue weighted by Gasteiger charge is 2.26. The highest BCUT2D eigenvalue weighted by atomic mass is 32.2. The molecule has 1 saturated heterocycles. The number of aliphatic imine (C=N–C) groups is 1. The molecule has 0 bridgehead atoms. The van der Waals surface area contributed by atoms with Crippen LogP contribution in [0.25, 0.3) is 0 Å². The minimum absolute atomic E-state index is 0.0466. The van der Waals surface area contributed by atoms with E-state index in [9.17, 15) is 15.4 Å². The number of nitrogens with zero attached hydrogens (tertiary/aromatic N) is 5. The van der Waals surface area contributed by atoms with Crippen LogP contribution in [0.3, 0.4) is 0 Å². The molecule has 0 N–H and O–H groups in total. The SMILES string of the molecule is C[C@H]1CN=C(N2CCN(c3ccc([N+](=O)[O-])cc3C#N)CC2)S1. The molecule has 120 valence electrons. The van der Waals surface area contributed by atoms with Gasteiger partial charge in [0, 0.05) is 43.6 Å². The Morgan fingerprint density at radius 2 is 2.04 bits per heavy atom. The Hall–Kier alpha value is -2.27. The van der Waals surface area contributed by atoms with Crippen LogP contribution in [-0.4, -0.2) is 53.0 Å². The Morgan fingerprint density at radius 3 is 2.61 bits per heavy atom. The number of benzene rings is 1. The first-order valence-corrected chi connectivity index (χ1v) is 8.36. The molecule has 7 nitrogen and oxygen atoms in total. The van der Waals surface area contributed by atoms with Crippen molar-refractivity contribution in [3.05, 3.63) is 33.9 Å². The lowest BCUT2D eigenvalue weighted by Gasteiger charge is -2.37. The highest BCUT2D eigenvalue weighted by Crippen LogP contribution is 2.28. The van der Waals surface area contributed by atoms with Gasteiger partial charge in [-0.1, -0.05) is 18.7 Å². The Balaban J connectivity index is 1.70. The van der Waals surface area contributed by atoms with Gasteiger partial charge in [0.1, 0.15) is 6.07 Å². The molecule has 0 aromatic heterocycles. The van der Waals surface area contributed by atoms with E-state index < -0.39 is 4.92 Å². The second-order valence-corrected chi connectivity index (χ2v) is 7.00. The monoisotopic (exact) mass is 331 g/mol. The Morgan fingerprint density at radius 1 is 1.35 bits per heavy atom. The molecule has 2 aliphatic rings. The molecule has 2 heterocycles. The van der Waals surface area contributed by atoms with Crippen molar-refractivity contribution >= 4 is 28.3 Å². The zero-order valence-corrected chi connectivity index (χ0v) is 13.6. The number of piperazine rings is 1. The van der Waals surface area contributed by atoms with Crippen LogP contribution in [0.15, 0.2) is 23.2 Å². The molecule has 0 aliphatic carbocycles. The molecular weight excluding hydrogens is 314 g/mol. The van der Waals surface area contributed by atoms with E-state index in [-0.39, 0.29) is 5.69 Å². The van der Waals surface area contributed by atoms with Crippen LogP contribution in [0, 0.1) is 21.4 Å². The van der Waals surface area contributed by atoms with Crippen LogP contribution in [0.4, 0.5) is 11.4 Å². The lowest BCUT2D eigenvalue weighted by molar-refractivity contribution is -0.384. The fourth-order valence-corrected chi connectivity index (χ4v) is 3.77. The molecule has 2 aliphatic heterocycles. The summed E-state index contributed by atoms with van der Waals surface area (Å²) in [5, 5.41) is 21.8. The molecule has 0 amide bonds. The van der Waals surface area contributed by atoms with Crippen LogP contribution in [0.5, 0.6) is 0 Å². The molecular formula is C15H17N5O2S. The normalized spacial score (nSPS) is 21.0. The number of nitriles is 1. The number of hydrogen-bond acceptors (Lipinski definition) is 7. The molecule has 1 aromatic carbocycles. The zero-order chi connectivity index (χ0) is 16.4. The van der Waals surface area contributed by atoms with Crippen molar-refractivity contribution in [3.8, 4) is 6.07 Å². The predicted octanol–water partition coefficient (Wildman–Crippen LogP) is 2.08. The lowest BCUT2D eigenvalue weighted by atomic mass is 10.1. The van der Waals surface area contributed by atoms with Crippen molar-refractivity contribution < 1.29 is 4.92 Å². The number of amidine groups is 1. The first-order valence-electron chi connectivity index (χ1n) is 7.48. The molecule has 0 saturated carbocycles. The number of hydrogen-bond donors (Lipinski definition) is 0. The number of non-ortho nitro benzene ring substituents is 1. The third-order valence-electron chi connectivity index (χ3n) is 3.99. The van der Waals surface area contributed by atoms with Gasteiger partial charge < -0.3 is 9.80 Å². The third kappa shape index (κ3) is 3.24. The average Bonchev–Trinajstić information content (AvgIpc) is 3.01. The van der Waals surface area contributed by atoms with Crippen molar-refractivity contribution in [2.24, 2.45) is 4.99 Å². The van der Waals surface area contributed by atoms with Gasteiger partial charge >= 0.3 is 0 Å². The van der Waals surface area contributed by atoms with Gasteiger partial charge in [-0.25, -0.2) is 0 Å². The summed E-state index contributed by atoms with van der Waals surface area (Å²) < 4.78 is 0. The number of nitro groups is 1. The van der Waals surface area contributed by atoms with Crippen LogP contribution in [0.2, 0.25) is 0 Å². The van der Waals surface area contributed by atoms with E-state index in [0.717, 1.165) is 43.6 Å². The molecule has 0 spiro atoms. The smallest absolute Gasteiger partial charge is 0.270 e. The first-order chi connectivity index (χ1) is 11.1. The molecule has 1 aromatic rings. The Bertz CT molecular complexity index is 692. The highest BCUT2D eigenvalue weighted by molar-refractivity contribution is 8.14. The van der Waals surface area contributed by atoms with Gasteiger partial charge in [0.2, 0.25) is 0 Å². The van der Waals surface area contributed by atoms with E-state index in [1.807, 2.05) is 11.8 Å². The fourth-order valence-electron chi connectivity index (χ4n) is 2.78. The third-order valence-corrected chi connectivity index (χ3v) is 5.14. The van der Waals surface area contributed by atoms with E-state index in [1.54, 1.807) is 6.07 Å². The van der Waals surface area contributed by atoms with Crippen molar-refractivity contribution in [1.82, 2.24) is 4.90 Å². The summed E-state index contributed by atoms with van der Waals surface area (Å²) >= 11 is 1.81. The molecule has 8 heteroatoms. The number of nitro benzene ring substituents is 1. The number of thioether (sulfide) groups is 1. The second-order valence-electron chi connectivity index (χ2n) is 5.60. The molecule has 0 radical (unpaired) electrons. The summed E-state index contributed by atoms with van der Waals surface area (Å²) in [4.78, 5) is 19.3. The van der Waals surface area contributed by atoms with Gasteiger partial charge in [0.15, 0.2) is 5.17 Å². The van der Waals surface area contributed by atoms with Crippen LogP contribution < -0.4 is 4.90 Å². The summed E-state index contributed by atoms with van der Waals surface area (Å²) in [5.74, 6) is 0. The predicted molar refractivity (Wildman–Crippen MR) is 91.0 cm³/mol. The summed E-state index contributed by atoms with van der Waals surface area (Å²) in [7, 11) is 0. The van der Waals surface area contributed by atoms with Crippen molar-refractivity contribution in [3.63, 3.8) is 0 Å². The van der Waals surface area contributed by atoms with E-state index in [0.29, 0.717) is 10.8 Å². The lowest BCUT2D eigenvalue weighted by Crippen LogP contribution is -2.48. The minimum atomic E-state index is -0.473. The maximum atomic E-state index is 10.8. The summed E-state index contributed by atoms with van der Waals surface area (Å²) in [6.07, 6.45) is 0. The van der Waals surface area contributed by atoms with Gasteiger partial charge in [-0.05, 0) is 6.07 Å². The second kappa shape index (κ2) is 6.46. The molecule has 1 atom stereocenters. The van der Waals surface area contributed by atoms with Crippen LogP contribution in [0.1, 0.15) is 12.5 Å². The van der Waals surface area contributed by atoms with Gasteiger partial charge in [0.05, 0.1) is 22.7 Å².